The lowest BCUT2D eigenvalue weighted by Crippen LogP contribution is -2.29. The fourth-order valence-corrected chi connectivity index (χ4v) is 2.44. The van der Waals surface area contributed by atoms with Gasteiger partial charge in [0.25, 0.3) is 0 Å². The molecule has 0 saturated carbocycles. The molecule has 1 amide bonds. The van der Waals surface area contributed by atoms with Crippen LogP contribution in [0.15, 0.2) is 42.5 Å². The number of amides is 1. The topological polar surface area (TPSA) is 58.6 Å². The van der Waals surface area contributed by atoms with Crippen LogP contribution in [0.2, 0.25) is 5.02 Å². The molecule has 0 spiro atoms. The standard InChI is InChI=1S/C19H22ClNO3/c1-13-3-8-18(14(2)11-13)24-10-9-19(23)21-12-17(22)15-4-6-16(20)7-5-15/h3-8,11,17,22H,9-10,12H2,1-2H3,(H,21,23). The van der Waals surface area contributed by atoms with Gasteiger partial charge >= 0.3 is 0 Å². The molecule has 0 aliphatic heterocycles. The molecule has 4 nitrogen and oxygen atoms in total. The molecule has 0 aliphatic rings. The fraction of sp³-hybridized carbons (Fsp3) is 0.316. The lowest BCUT2D eigenvalue weighted by atomic mass is 10.1. The van der Waals surface area contributed by atoms with Gasteiger partial charge in [0.05, 0.1) is 19.1 Å². The number of ether oxygens (including phenoxy) is 1. The molecule has 1 unspecified atom stereocenters. The Kier molecular flexibility index (Phi) is 6.64. The highest BCUT2D eigenvalue weighted by atomic mass is 35.5. The van der Waals surface area contributed by atoms with Gasteiger partial charge in [-0.1, -0.05) is 41.4 Å². The molecule has 0 fully saturated rings. The zero-order valence-electron chi connectivity index (χ0n) is 13.9. The quantitative estimate of drug-likeness (QED) is 0.805. The third-order valence-corrected chi connectivity index (χ3v) is 3.92. The van der Waals surface area contributed by atoms with Gasteiger partial charge in [-0.15, -0.1) is 0 Å². The summed E-state index contributed by atoms with van der Waals surface area (Å²) in [5.41, 5.74) is 2.94. The van der Waals surface area contributed by atoms with Crippen molar-refractivity contribution in [3.8, 4) is 5.75 Å². The summed E-state index contributed by atoms with van der Waals surface area (Å²) in [6.07, 6.45) is -0.521. The third kappa shape index (κ3) is 5.55. The lowest BCUT2D eigenvalue weighted by molar-refractivity contribution is -0.122. The van der Waals surface area contributed by atoms with E-state index in [4.69, 9.17) is 16.3 Å². The van der Waals surface area contributed by atoms with Crippen molar-refractivity contribution in [3.63, 3.8) is 0 Å². The number of aryl methyl sites for hydroxylation is 2. The van der Waals surface area contributed by atoms with Gasteiger partial charge in [0.15, 0.2) is 0 Å². The SMILES string of the molecule is Cc1ccc(OCCC(=O)NCC(O)c2ccc(Cl)cc2)c(C)c1. The van der Waals surface area contributed by atoms with Crippen LogP contribution in [0.5, 0.6) is 5.75 Å². The van der Waals surface area contributed by atoms with Crippen molar-refractivity contribution in [2.24, 2.45) is 0 Å². The first kappa shape index (κ1) is 18.3. The molecular weight excluding hydrogens is 326 g/mol. The van der Waals surface area contributed by atoms with E-state index in [-0.39, 0.29) is 18.9 Å². The van der Waals surface area contributed by atoms with Crippen LogP contribution in [0, 0.1) is 13.8 Å². The van der Waals surface area contributed by atoms with Crippen molar-refractivity contribution in [3.05, 3.63) is 64.2 Å². The van der Waals surface area contributed by atoms with E-state index in [1.54, 1.807) is 24.3 Å². The number of halogens is 1. The highest BCUT2D eigenvalue weighted by Gasteiger charge is 2.10. The largest absolute Gasteiger partial charge is 0.493 e. The molecule has 128 valence electrons. The first-order valence-electron chi connectivity index (χ1n) is 7.86. The second kappa shape index (κ2) is 8.71. The summed E-state index contributed by atoms with van der Waals surface area (Å²) < 4.78 is 5.63. The van der Waals surface area contributed by atoms with E-state index in [2.05, 4.69) is 5.32 Å². The molecule has 2 aromatic carbocycles. The summed E-state index contributed by atoms with van der Waals surface area (Å²) >= 11 is 5.81. The van der Waals surface area contributed by atoms with E-state index >= 15 is 0 Å². The Morgan fingerprint density at radius 2 is 1.92 bits per heavy atom. The molecule has 1 atom stereocenters. The number of aliphatic hydroxyl groups is 1. The van der Waals surface area contributed by atoms with Gasteiger partial charge in [-0.3, -0.25) is 4.79 Å². The van der Waals surface area contributed by atoms with Crippen LogP contribution < -0.4 is 10.1 Å². The number of hydrogen-bond donors (Lipinski definition) is 2. The molecule has 2 rings (SSSR count). The highest BCUT2D eigenvalue weighted by Crippen LogP contribution is 2.19. The zero-order chi connectivity index (χ0) is 17.5. The smallest absolute Gasteiger partial charge is 0.223 e. The van der Waals surface area contributed by atoms with Crippen molar-refractivity contribution in [1.29, 1.82) is 0 Å². The average Bonchev–Trinajstić information content (AvgIpc) is 2.55. The maximum atomic E-state index is 11.8. The van der Waals surface area contributed by atoms with Crippen LogP contribution in [0.1, 0.15) is 29.2 Å². The first-order valence-corrected chi connectivity index (χ1v) is 8.24. The van der Waals surface area contributed by atoms with Crippen LogP contribution in [-0.4, -0.2) is 24.2 Å². The average molecular weight is 348 g/mol. The molecule has 0 heterocycles. The minimum absolute atomic E-state index is 0.157. The van der Waals surface area contributed by atoms with E-state index in [1.807, 2.05) is 32.0 Å². The summed E-state index contributed by atoms with van der Waals surface area (Å²) in [4.78, 5) is 11.8. The Balaban J connectivity index is 1.72. The summed E-state index contributed by atoms with van der Waals surface area (Å²) in [6, 6.07) is 12.8. The number of aliphatic hydroxyl groups excluding tert-OH is 1. The number of benzene rings is 2. The Morgan fingerprint density at radius 3 is 2.58 bits per heavy atom. The number of rotatable bonds is 7. The predicted octanol–water partition coefficient (Wildman–Crippen LogP) is 3.58. The normalized spacial score (nSPS) is 11.8. The van der Waals surface area contributed by atoms with Gasteiger partial charge < -0.3 is 15.2 Å². The van der Waals surface area contributed by atoms with Gasteiger partial charge in [-0.05, 0) is 43.2 Å². The summed E-state index contributed by atoms with van der Waals surface area (Å²) in [7, 11) is 0. The molecule has 2 N–H and O–H groups in total. The zero-order valence-corrected chi connectivity index (χ0v) is 14.6. The lowest BCUT2D eigenvalue weighted by Gasteiger charge is -2.13. The maximum Gasteiger partial charge on any atom is 0.223 e. The second-order valence-corrected chi connectivity index (χ2v) is 6.18. The highest BCUT2D eigenvalue weighted by molar-refractivity contribution is 6.30. The Hall–Kier alpha value is -2.04. The van der Waals surface area contributed by atoms with E-state index < -0.39 is 6.10 Å². The first-order chi connectivity index (χ1) is 11.5. The molecule has 0 aliphatic carbocycles. The van der Waals surface area contributed by atoms with Crippen molar-refractivity contribution in [2.45, 2.75) is 26.4 Å². The number of hydrogen-bond acceptors (Lipinski definition) is 3. The van der Waals surface area contributed by atoms with E-state index in [0.29, 0.717) is 17.2 Å². The number of carbonyl (C=O) groups excluding carboxylic acids is 1. The Bertz CT molecular complexity index is 686. The van der Waals surface area contributed by atoms with Crippen molar-refractivity contribution >= 4 is 17.5 Å². The minimum Gasteiger partial charge on any atom is -0.493 e. The molecule has 0 aromatic heterocycles. The Labute approximate surface area is 147 Å². The number of carbonyl (C=O) groups is 1. The fourth-order valence-electron chi connectivity index (χ4n) is 2.32. The van der Waals surface area contributed by atoms with Crippen LogP contribution in [0.4, 0.5) is 0 Å². The summed E-state index contributed by atoms with van der Waals surface area (Å²) in [5, 5.41) is 13.4. The van der Waals surface area contributed by atoms with Crippen LogP contribution in [0.25, 0.3) is 0 Å². The molecule has 5 heteroatoms. The van der Waals surface area contributed by atoms with Gasteiger partial charge in [0, 0.05) is 11.6 Å². The summed E-state index contributed by atoms with van der Waals surface area (Å²) in [5.74, 6) is 0.627. The van der Waals surface area contributed by atoms with E-state index in [0.717, 1.165) is 11.3 Å². The minimum atomic E-state index is -0.758. The molecule has 24 heavy (non-hydrogen) atoms. The van der Waals surface area contributed by atoms with Crippen LogP contribution in [0.3, 0.4) is 0 Å². The Morgan fingerprint density at radius 1 is 1.21 bits per heavy atom. The summed E-state index contributed by atoms with van der Waals surface area (Å²) in [6.45, 7) is 4.46. The van der Waals surface area contributed by atoms with Gasteiger partial charge in [-0.25, -0.2) is 0 Å². The van der Waals surface area contributed by atoms with Gasteiger partial charge in [0.1, 0.15) is 5.75 Å². The maximum absolute atomic E-state index is 11.8. The molecular formula is C19H22ClNO3. The van der Waals surface area contributed by atoms with Crippen molar-refractivity contribution in [1.82, 2.24) is 5.32 Å². The number of nitrogens with one attached hydrogen (secondary N) is 1. The van der Waals surface area contributed by atoms with Crippen LogP contribution >= 0.6 is 11.6 Å². The third-order valence-electron chi connectivity index (χ3n) is 3.66. The monoisotopic (exact) mass is 347 g/mol. The molecule has 0 radical (unpaired) electrons. The van der Waals surface area contributed by atoms with Gasteiger partial charge in [0.2, 0.25) is 5.91 Å². The van der Waals surface area contributed by atoms with E-state index in [9.17, 15) is 9.90 Å². The second-order valence-electron chi connectivity index (χ2n) is 5.74. The van der Waals surface area contributed by atoms with Crippen LogP contribution in [-0.2, 0) is 4.79 Å². The molecule has 0 saturated heterocycles. The molecule has 2 aromatic rings. The van der Waals surface area contributed by atoms with E-state index in [1.165, 1.54) is 5.56 Å². The molecule has 0 bridgehead atoms. The van der Waals surface area contributed by atoms with Crippen molar-refractivity contribution < 1.29 is 14.6 Å². The van der Waals surface area contributed by atoms with Gasteiger partial charge in [-0.2, -0.15) is 0 Å². The van der Waals surface area contributed by atoms with Crippen molar-refractivity contribution in [2.75, 3.05) is 13.2 Å². The predicted molar refractivity (Wildman–Crippen MR) is 95.4 cm³/mol.